The summed E-state index contributed by atoms with van der Waals surface area (Å²) in [6.07, 6.45) is 3.65. The summed E-state index contributed by atoms with van der Waals surface area (Å²) < 4.78 is 0. The van der Waals surface area contributed by atoms with Crippen molar-refractivity contribution in [2.24, 2.45) is 10.7 Å². The molecule has 2 N–H and O–H groups in total. The molecule has 0 unspecified atom stereocenters. The molecular formula is C12H16N2. The van der Waals surface area contributed by atoms with Gasteiger partial charge in [0.2, 0.25) is 0 Å². The van der Waals surface area contributed by atoms with Crippen LogP contribution in [0.4, 0.5) is 0 Å². The summed E-state index contributed by atoms with van der Waals surface area (Å²) >= 11 is 0. The number of allylic oxidation sites excluding steroid dienone is 3. The van der Waals surface area contributed by atoms with E-state index in [1.54, 1.807) is 0 Å². The van der Waals surface area contributed by atoms with Crippen LogP contribution in [0.3, 0.4) is 0 Å². The Morgan fingerprint density at radius 2 is 2.21 bits per heavy atom. The highest BCUT2D eigenvalue weighted by Crippen LogP contribution is 2.24. The molecule has 0 saturated carbocycles. The zero-order valence-corrected chi connectivity index (χ0v) is 8.64. The van der Waals surface area contributed by atoms with E-state index in [1.807, 2.05) is 6.08 Å². The van der Waals surface area contributed by atoms with Gasteiger partial charge in [-0.3, -0.25) is 4.99 Å². The van der Waals surface area contributed by atoms with E-state index in [2.05, 4.69) is 31.7 Å². The van der Waals surface area contributed by atoms with Crippen molar-refractivity contribution < 1.29 is 0 Å². The first kappa shape index (κ1) is 10.5. The number of dihydropyridines is 1. The van der Waals surface area contributed by atoms with Gasteiger partial charge in [0.1, 0.15) is 0 Å². The summed E-state index contributed by atoms with van der Waals surface area (Å²) in [4.78, 5) is 4.23. The molecule has 1 aliphatic rings. The molecule has 1 aliphatic heterocycles. The fraction of sp³-hybridized carbons (Fsp3) is 0.250. The van der Waals surface area contributed by atoms with Gasteiger partial charge in [0.25, 0.3) is 0 Å². The van der Waals surface area contributed by atoms with E-state index >= 15 is 0 Å². The second-order valence-corrected chi connectivity index (χ2v) is 3.39. The van der Waals surface area contributed by atoms with Crippen molar-refractivity contribution in [3.8, 4) is 0 Å². The maximum Gasteiger partial charge on any atom is 0.0858 e. The van der Waals surface area contributed by atoms with Crippen LogP contribution in [0, 0.1) is 0 Å². The first-order valence-electron chi connectivity index (χ1n) is 4.64. The monoisotopic (exact) mass is 188 g/mol. The third-order valence-corrected chi connectivity index (χ3v) is 2.19. The predicted molar refractivity (Wildman–Crippen MR) is 62.0 cm³/mol. The van der Waals surface area contributed by atoms with Gasteiger partial charge in [-0.05, 0) is 18.1 Å². The van der Waals surface area contributed by atoms with Crippen LogP contribution in [0.1, 0.15) is 19.8 Å². The van der Waals surface area contributed by atoms with Crippen LogP contribution in [-0.4, -0.2) is 5.71 Å². The molecule has 0 atom stereocenters. The quantitative estimate of drug-likeness (QED) is 0.726. The zero-order chi connectivity index (χ0) is 10.7. The number of hydrogen-bond donors (Lipinski definition) is 1. The van der Waals surface area contributed by atoms with Crippen LogP contribution in [0.5, 0.6) is 0 Å². The van der Waals surface area contributed by atoms with Gasteiger partial charge in [0, 0.05) is 12.1 Å². The van der Waals surface area contributed by atoms with Gasteiger partial charge in [0.05, 0.1) is 11.4 Å². The maximum absolute atomic E-state index is 5.59. The molecule has 0 radical (unpaired) electrons. The smallest absolute Gasteiger partial charge is 0.0858 e. The summed E-state index contributed by atoms with van der Waals surface area (Å²) in [5.41, 5.74) is 9.88. The van der Waals surface area contributed by atoms with Gasteiger partial charge in [-0.25, -0.2) is 0 Å². The molecule has 0 aliphatic carbocycles. The average molecular weight is 188 g/mol. The normalized spacial score (nSPS) is 15.9. The lowest BCUT2D eigenvalue weighted by Gasteiger charge is -2.15. The van der Waals surface area contributed by atoms with Gasteiger partial charge in [-0.1, -0.05) is 32.2 Å². The van der Waals surface area contributed by atoms with Crippen LogP contribution in [-0.2, 0) is 0 Å². The Morgan fingerprint density at radius 3 is 2.71 bits per heavy atom. The highest BCUT2D eigenvalue weighted by atomic mass is 14.8. The molecule has 0 fully saturated rings. The average Bonchev–Trinajstić information content (AvgIpc) is 2.15. The van der Waals surface area contributed by atoms with Crippen molar-refractivity contribution in [2.75, 3.05) is 0 Å². The van der Waals surface area contributed by atoms with E-state index in [1.165, 1.54) is 0 Å². The third kappa shape index (κ3) is 2.22. The molecule has 0 spiro atoms. The molecule has 2 nitrogen and oxygen atoms in total. The Bertz CT molecular complexity index is 357. The van der Waals surface area contributed by atoms with Crippen molar-refractivity contribution in [1.29, 1.82) is 0 Å². The number of aliphatic imine (C=N–C) groups is 1. The van der Waals surface area contributed by atoms with E-state index in [-0.39, 0.29) is 0 Å². The van der Waals surface area contributed by atoms with Gasteiger partial charge in [0.15, 0.2) is 0 Å². The van der Waals surface area contributed by atoms with E-state index in [0.717, 1.165) is 29.7 Å². The van der Waals surface area contributed by atoms with Crippen molar-refractivity contribution >= 4 is 5.71 Å². The molecule has 14 heavy (non-hydrogen) atoms. The Kier molecular flexibility index (Phi) is 3.07. The summed E-state index contributed by atoms with van der Waals surface area (Å²) in [6, 6.07) is 0. The van der Waals surface area contributed by atoms with Gasteiger partial charge >= 0.3 is 0 Å². The van der Waals surface area contributed by atoms with Crippen molar-refractivity contribution in [3.05, 3.63) is 48.4 Å². The van der Waals surface area contributed by atoms with Crippen molar-refractivity contribution in [1.82, 2.24) is 0 Å². The highest BCUT2D eigenvalue weighted by Gasteiger charge is 2.11. The SMILES string of the molecule is C=C1CC(C(=C)CC)=CC(C(=C)N)=N1. The minimum absolute atomic E-state index is 0.479. The molecule has 0 aromatic rings. The van der Waals surface area contributed by atoms with E-state index < -0.39 is 0 Å². The van der Waals surface area contributed by atoms with Crippen molar-refractivity contribution in [3.63, 3.8) is 0 Å². The second-order valence-electron chi connectivity index (χ2n) is 3.39. The second kappa shape index (κ2) is 4.09. The largest absolute Gasteiger partial charge is 0.397 e. The molecule has 0 aromatic heterocycles. The number of rotatable bonds is 3. The Labute approximate surface area is 85.2 Å². The Hall–Kier alpha value is -1.57. The topological polar surface area (TPSA) is 38.4 Å². The summed E-state index contributed by atoms with van der Waals surface area (Å²) in [6.45, 7) is 13.6. The fourth-order valence-electron chi connectivity index (χ4n) is 1.30. The Morgan fingerprint density at radius 1 is 1.57 bits per heavy atom. The molecule has 0 aromatic carbocycles. The molecule has 0 saturated heterocycles. The lowest BCUT2D eigenvalue weighted by atomic mass is 9.96. The fourth-order valence-corrected chi connectivity index (χ4v) is 1.30. The first-order chi connectivity index (χ1) is 6.54. The summed E-state index contributed by atoms with van der Waals surface area (Å²) in [7, 11) is 0. The van der Waals surface area contributed by atoms with Crippen LogP contribution in [0.2, 0.25) is 0 Å². The molecule has 0 bridgehead atoms. The zero-order valence-electron chi connectivity index (χ0n) is 8.64. The van der Waals surface area contributed by atoms with Gasteiger partial charge in [-0.15, -0.1) is 0 Å². The van der Waals surface area contributed by atoms with Gasteiger partial charge < -0.3 is 5.73 Å². The minimum Gasteiger partial charge on any atom is -0.397 e. The number of nitrogens with two attached hydrogens (primary N) is 1. The summed E-state index contributed by atoms with van der Waals surface area (Å²) in [5, 5.41) is 0. The van der Waals surface area contributed by atoms with E-state index in [4.69, 9.17) is 5.73 Å². The highest BCUT2D eigenvalue weighted by molar-refractivity contribution is 6.09. The van der Waals surface area contributed by atoms with Crippen LogP contribution >= 0.6 is 0 Å². The lowest BCUT2D eigenvalue weighted by molar-refractivity contribution is 1.02. The molecule has 0 amide bonds. The molecular weight excluding hydrogens is 172 g/mol. The van der Waals surface area contributed by atoms with E-state index in [0.29, 0.717) is 11.4 Å². The summed E-state index contributed by atoms with van der Waals surface area (Å²) in [5.74, 6) is 0. The minimum atomic E-state index is 0.479. The molecule has 2 heteroatoms. The van der Waals surface area contributed by atoms with Crippen LogP contribution in [0.15, 0.2) is 53.3 Å². The van der Waals surface area contributed by atoms with Crippen molar-refractivity contribution in [2.45, 2.75) is 19.8 Å². The van der Waals surface area contributed by atoms with Gasteiger partial charge in [-0.2, -0.15) is 0 Å². The molecule has 74 valence electrons. The predicted octanol–water partition coefficient (Wildman–Crippen LogP) is 2.71. The first-order valence-corrected chi connectivity index (χ1v) is 4.64. The maximum atomic E-state index is 5.59. The number of hydrogen-bond acceptors (Lipinski definition) is 2. The third-order valence-electron chi connectivity index (χ3n) is 2.19. The Balaban J connectivity index is 3.00. The number of nitrogens with zero attached hydrogens (tertiary/aromatic N) is 1. The van der Waals surface area contributed by atoms with E-state index in [9.17, 15) is 0 Å². The lowest BCUT2D eigenvalue weighted by Crippen LogP contribution is -2.12. The van der Waals surface area contributed by atoms with Crippen LogP contribution in [0.25, 0.3) is 0 Å². The van der Waals surface area contributed by atoms with Crippen LogP contribution < -0.4 is 5.73 Å². The standard InChI is InChI=1S/C12H16N2/c1-5-8(2)11-6-9(3)14-12(7-11)10(4)13/h7H,2-6,13H2,1H3. The molecule has 1 rings (SSSR count). The molecule has 1 heterocycles.